The largest absolute Gasteiger partial charge is 0.392 e. The molecule has 1 nitrogen and oxygen atoms in total. The molecule has 0 aliphatic rings. The van der Waals surface area contributed by atoms with Gasteiger partial charge in [-0.1, -0.05) is 30.3 Å². The summed E-state index contributed by atoms with van der Waals surface area (Å²) in [5.41, 5.74) is 1.16. The molecule has 2 aromatic carbocycles. The zero-order valence-corrected chi connectivity index (χ0v) is 13.0. The van der Waals surface area contributed by atoms with Crippen LogP contribution in [0, 0.1) is 5.82 Å². The molecule has 3 aromatic rings. The fraction of sp³-hybridized carbons (Fsp3) is 0.176. The highest BCUT2D eigenvalue weighted by Crippen LogP contribution is 2.28. The van der Waals surface area contributed by atoms with E-state index in [1.54, 1.807) is 23.5 Å². The molecule has 0 radical (unpaired) electrons. The zero-order chi connectivity index (χ0) is 14.7. The number of aliphatic hydroxyl groups is 1. The van der Waals surface area contributed by atoms with E-state index in [4.69, 9.17) is 0 Å². The van der Waals surface area contributed by atoms with E-state index in [1.807, 2.05) is 18.2 Å². The number of aliphatic hydroxyl groups excluding tert-OH is 1. The summed E-state index contributed by atoms with van der Waals surface area (Å²) < 4.78 is 14.8. The Hall–Kier alpha value is -1.36. The SMILES string of the molecule is OC(CSc1ccccc1F)Cc1csc2ccccc12. The molecule has 0 aliphatic carbocycles. The number of hydrogen-bond acceptors (Lipinski definition) is 3. The Labute approximate surface area is 131 Å². The molecule has 0 spiro atoms. The normalized spacial score (nSPS) is 12.7. The van der Waals surface area contributed by atoms with E-state index < -0.39 is 6.10 Å². The summed E-state index contributed by atoms with van der Waals surface area (Å²) in [4.78, 5) is 0.590. The van der Waals surface area contributed by atoms with E-state index >= 15 is 0 Å². The Balaban J connectivity index is 1.64. The Kier molecular flexibility index (Phi) is 4.58. The smallest absolute Gasteiger partial charge is 0.136 e. The molecule has 1 atom stereocenters. The van der Waals surface area contributed by atoms with Crippen LogP contribution < -0.4 is 0 Å². The van der Waals surface area contributed by atoms with Crippen LogP contribution in [0.2, 0.25) is 0 Å². The van der Waals surface area contributed by atoms with Crippen LogP contribution in [0.4, 0.5) is 4.39 Å². The van der Waals surface area contributed by atoms with Gasteiger partial charge in [0.2, 0.25) is 0 Å². The Bertz CT molecular complexity index is 738. The van der Waals surface area contributed by atoms with Crippen LogP contribution in [0.1, 0.15) is 5.56 Å². The van der Waals surface area contributed by atoms with Crippen LogP contribution in [-0.2, 0) is 6.42 Å². The van der Waals surface area contributed by atoms with Crippen LogP contribution in [0.3, 0.4) is 0 Å². The van der Waals surface area contributed by atoms with Crippen LogP contribution in [0.25, 0.3) is 10.1 Å². The summed E-state index contributed by atoms with van der Waals surface area (Å²) in [7, 11) is 0. The second kappa shape index (κ2) is 6.60. The van der Waals surface area contributed by atoms with Crippen molar-refractivity contribution >= 4 is 33.2 Å². The lowest BCUT2D eigenvalue weighted by Gasteiger charge is -2.10. The first-order valence-corrected chi connectivity index (χ1v) is 8.61. The second-order valence-electron chi connectivity index (χ2n) is 4.86. The molecule has 1 unspecified atom stereocenters. The first-order valence-electron chi connectivity index (χ1n) is 6.74. The Morgan fingerprint density at radius 2 is 1.86 bits per heavy atom. The molecule has 0 amide bonds. The number of thiophene rings is 1. The molecule has 4 heteroatoms. The van der Waals surface area contributed by atoms with Gasteiger partial charge in [0.1, 0.15) is 5.82 Å². The average molecular weight is 318 g/mol. The van der Waals surface area contributed by atoms with Gasteiger partial charge in [-0.3, -0.25) is 0 Å². The third-order valence-corrected chi connectivity index (χ3v) is 5.49. The van der Waals surface area contributed by atoms with Crippen molar-refractivity contribution in [1.29, 1.82) is 0 Å². The fourth-order valence-corrected chi connectivity index (χ4v) is 4.10. The number of rotatable bonds is 5. The first-order chi connectivity index (χ1) is 10.2. The summed E-state index contributed by atoms with van der Waals surface area (Å²) in [5.74, 6) is 0.265. The maximum atomic E-state index is 13.5. The molecular formula is C17H15FOS2. The van der Waals surface area contributed by atoms with Crippen LogP contribution >= 0.6 is 23.1 Å². The predicted molar refractivity (Wildman–Crippen MR) is 88.7 cm³/mol. The maximum absolute atomic E-state index is 13.5. The second-order valence-corrected chi connectivity index (χ2v) is 6.83. The van der Waals surface area contributed by atoms with Crippen molar-refractivity contribution in [2.45, 2.75) is 17.4 Å². The summed E-state index contributed by atoms with van der Waals surface area (Å²) in [6.07, 6.45) is 0.124. The van der Waals surface area contributed by atoms with E-state index in [2.05, 4.69) is 17.5 Å². The fourth-order valence-electron chi connectivity index (χ4n) is 2.25. The van der Waals surface area contributed by atoms with Crippen molar-refractivity contribution in [2.75, 3.05) is 5.75 Å². The molecule has 0 saturated heterocycles. The molecule has 108 valence electrons. The van der Waals surface area contributed by atoms with Crippen molar-refractivity contribution in [3.63, 3.8) is 0 Å². The summed E-state index contributed by atoms with van der Waals surface area (Å²) in [6.45, 7) is 0. The van der Waals surface area contributed by atoms with Crippen molar-refractivity contribution in [1.82, 2.24) is 0 Å². The third kappa shape index (κ3) is 3.46. The third-order valence-electron chi connectivity index (χ3n) is 3.28. The lowest BCUT2D eigenvalue weighted by atomic mass is 10.1. The van der Waals surface area contributed by atoms with Crippen LogP contribution in [0.5, 0.6) is 0 Å². The summed E-state index contributed by atoms with van der Waals surface area (Å²) in [5, 5.41) is 13.5. The van der Waals surface area contributed by atoms with Crippen LogP contribution in [-0.4, -0.2) is 17.0 Å². The van der Waals surface area contributed by atoms with Crippen molar-refractivity contribution in [3.05, 3.63) is 65.3 Å². The van der Waals surface area contributed by atoms with Gasteiger partial charge in [-0.15, -0.1) is 23.1 Å². The van der Waals surface area contributed by atoms with Crippen molar-refractivity contribution in [2.24, 2.45) is 0 Å². The summed E-state index contributed by atoms with van der Waals surface area (Å²) in [6, 6.07) is 14.9. The van der Waals surface area contributed by atoms with E-state index in [1.165, 1.54) is 27.9 Å². The quantitative estimate of drug-likeness (QED) is 0.686. The van der Waals surface area contributed by atoms with E-state index in [9.17, 15) is 9.50 Å². The topological polar surface area (TPSA) is 20.2 Å². The van der Waals surface area contributed by atoms with E-state index in [-0.39, 0.29) is 5.82 Å². The predicted octanol–water partition coefficient (Wildman–Crippen LogP) is 4.74. The molecular weight excluding hydrogens is 303 g/mol. The zero-order valence-electron chi connectivity index (χ0n) is 11.3. The summed E-state index contributed by atoms with van der Waals surface area (Å²) >= 11 is 3.06. The number of benzene rings is 2. The van der Waals surface area contributed by atoms with E-state index in [0.29, 0.717) is 17.1 Å². The van der Waals surface area contributed by atoms with Gasteiger partial charge in [0.15, 0.2) is 0 Å². The molecule has 1 N–H and O–H groups in total. The van der Waals surface area contributed by atoms with E-state index in [0.717, 1.165) is 5.56 Å². The molecule has 3 rings (SSSR count). The van der Waals surface area contributed by atoms with Gasteiger partial charge in [-0.2, -0.15) is 0 Å². The van der Waals surface area contributed by atoms with Gasteiger partial charge in [0.05, 0.1) is 6.10 Å². The minimum absolute atomic E-state index is 0.226. The number of hydrogen-bond donors (Lipinski definition) is 1. The number of fused-ring (bicyclic) bond motifs is 1. The lowest BCUT2D eigenvalue weighted by Crippen LogP contribution is -2.13. The molecule has 0 aliphatic heterocycles. The number of thioether (sulfide) groups is 1. The van der Waals surface area contributed by atoms with Gasteiger partial charge in [-0.05, 0) is 34.5 Å². The van der Waals surface area contributed by atoms with Gasteiger partial charge in [0, 0.05) is 21.8 Å². The minimum Gasteiger partial charge on any atom is -0.392 e. The molecule has 0 saturated carbocycles. The Morgan fingerprint density at radius 3 is 2.71 bits per heavy atom. The lowest BCUT2D eigenvalue weighted by molar-refractivity contribution is 0.200. The number of halogens is 1. The highest BCUT2D eigenvalue weighted by molar-refractivity contribution is 7.99. The maximum Gasteiger partial charge on any atom is 0.136 e. The van der Waals surface area contributed by atoms with Gasteiger partial charge >= 0.3 is 0 Å². The molecule has 1 aromatic heterocycles. The van der Waals surface area contributed by atoms with Crippen molar-refractivity contribution < 1.29 is 9.50 Å². The van der Waals surface area contributed by atoms with Gasteiger partial charge in [0.25, 0.3) is 0 Å². The molecule has 0 bridgehead atoms. The standard InChI is InChI=1S/C17H15FOS2/c18-15-6-2-4-8-17(15)21-11-13(19)9-12-10-20-16-7-3-1-5-14(12)16/h1-8,10,13,19H,9,11H2. The molecule has 1 heterocycles. The minimum atomic E-state index is -0.479. The Morgan fingerprint density at radius 1 is 1.10 bits per heavy atom. The van der Waals surface area contributed by atoms with Gasteiger partial charge in [-0.25, -0.2) is 4.39 Å². The highest BCUT2D eigenvalue weighted by atomic mass is 32.2. The highest BCUT2D eigenvalue weighted by Gasteiger charge is 2.11. The first kappa shape index (κ1) is 14.6. The molecule has 0 fully saturated rings. The molecule has 21 heavy (non-hydrogen) atoms. The average Bonchev–Trinajstić information content (AvgIpc) is 2.90. The van der Waals surface area contributed by atoms with Gasteiger partial charge < -0.3 is 5.11 Å². The van der Waals surface area contributed by atoms with Crippen LogP contribution in [0.15, 0.2) is 58.8 Å². The monoisotopic (exact) mass is 318 g/mol. The van der Waals surface area contributed by atoms with Crippen molar-refractivity contribution in [3.8, 4) is 0 Å².